The number of hydrogen-bond acceptors (Lipinski definition) is 2. The Balaban J connectivity index is 2.59. The van der Waals surface area contributed by atoms with Gasteiger partial charge >= 0.3 is 5.97 Å². The molecule has 0 unspecified atom stereocenters. The Morgan fingerprint density at radius 3 is 2.50 bits per heavy atom. The summed E-state index contributed by atoms with van der Waals surface area (Å²) in [7, 11) is 0. The number of carboxylic acids is 1. The average Bonchev–Trinajstić information content (AvgIpc) is 2.30. The van der Waals surface area contributed by atoms with Gasteiger partial charge in [0.25, 0.3) is 0 Å². The molecule has 3 nitrogen and oxygen atoms in total. The van der Waals surface area contributed by atoms with Gasteiger partial charge in [-0.25, -0.2) is 9.78 Å². The van der Waals surface area contributed by atoms with Crippen molar-refractivity contribution in [2.75, 3.05) is 0 Å². The van der Waals surface area contributed by atoms with E-state index in [-0.39, 0.29) is 10.7 Å². The molecule has 0 saturated heterocycles. The zero-order valence-electron chi connectivity index (χ0n) is 8.22. The Hall–Kier alpha value is -1.87. The molecule has 0 aliphatic rings. The lowest BCUT2D eigenvalue weighted by atomic mass is 10.1. The number of aromatic nitrogens is 1. The molecule has 0 fully saturated rings. The zero-order chi connectivity index (χ0) is 11.5. The molecule has 0 aliphatic heterocycles. The van der Waals surface area contributed by atoms with Crippen molar-refractivity contribution >= 4 is 17.6 Å². The van der Waals surface area contributed by atoms with Gasteiger partial charge in [-0.1, -0.05) is 41.9 Å². The van der Waals surface area contributed by atoms with Gasteiger partial charge in [-0.3, -0.25) is 0 Å². The standard InChI is InChI=1S/C12H8ClNO2/c13-10-9(8-4-2-1-3-5-8)6-7-14-11(10)12(15)16/h1-7H,(H,15,16). The maximum absolute atomic E-state index is 10.9. The van der Waals surface area contributed by atoms with Crippen LogP contribution in [0, 0.1) is 0 Å². The van der Waals surface area contributed by atoms with Gasteiger partial charge in [0.05, 0.1) is 5.02 Å². The van der Waals surface area contributed by atoms with E-state index in [1.54, 1.807) is 6.07 Å². The van der Waals surface area contributed by atoms with E-state index in [1.807, 2.05) is 30.3 Å². The van der Waals surface area contributed by atoms with Crippen molar-refractivity contribution in [3.05, 3.63) is 53.3 Å². The van der Waals surface area contributed by atoms with E-state index in [0.29, 0.717) is 5.56 Å². The summed E-state index contributed by atoms with van der Waals surface area (Å²) < 4.78 is 0. The van der Waals surface area contributed by atoms with Gasteiger partial charge in [0.1, 0.15) is 0 Å². The molecule has 0 spiro atoms. The Morgan fingerprint density at radius 2 is 1.88 bits per heavy atom. The van der Waals surface area contributed by atoms with E-state index in [0.717, 1.165) is 5.56 Å². The summed E-state index contributed by atoms with van der Waals surface area (Å²) in [5, 5.41) is 9.06. The first-order chi connectivity index (χ1) is 7.70. The lowest BCUT2D eigenvalue weighted by Gasteiger charge is -2.05. The molecule has 4 heteroatoms. The first-order valence-electron chi connectivity index (χ1n) is 4.63. The Labute approximate surface area is 97.3 Å². The highest BCUT2D eigenvalue weighted by Crippen LogP contribution is 2.29. The number of benzene rings is 1. The second-order valence-electron chi connectivity index (χ2n) is 3.19. The minimum Gasteiger partial charge on any atom is -0.476 e. The third-order valence-corrected chi connectivity index (χ3v) is 2.56. The summed E-state index contributed by atoms with van der Waals surface area (Å²) in [6, 6.07) is 11.1. The van der Waals surface area contributed by atoms with Crippen LogP contribution >= 0.6 is 11.6 Å². The molecule has 1 N–H and O–H groups in total. The van der Waals surface area contributed by atoms with Gasteiger partial charge in [-0.15, -0.1) is 0 Å². The molecule has 0 saturated carbocycles. The predicted octanol–water partition coefficient (Wildman–Crippen LogP) is 3.10. The Bertz CT molecular complexity index is 526. The third kappa shape index (κ3) is 1.90. The molecule has 0 radical (unpaired) electrons. The molecule has 0 atom stereocenters. The quantitative estimate of drug-likeness (QED) is 0.867. The second kappa shape index (κ2) is 4.33. The molecule has 16 heavy (non-hydrogen) atoms. The second-order valence-corrected chi connectivity index (χ2v) is 3.57. The van der Waals surface area contributed by atoms with E-state index < -0.39 is 5.97 Å². The van der Waals surface area contributed by atoms with Crippen molar-refractivity contribution in [3.8, 4) is 11.1 Å². The van der Waals surface area contributed by atoms with Gasteiger partial charge in [0, 0.05) is 11.8 Å². The summed E-state index contributed by atoms with van der Waals surface area (Å²) in [5.74, 6) is -1.12. The lowest BCUT2D eigenvalue weighted by molar-refractivity contribution is 0.0691. The summed E-state index contributed by atoms with van der Waals surface area (Å²) in [4.78, 5) is 14.6. The minimum atomic E-state index is -1.12. The normalized spacial score (nSPS) is 10.1. The highest BCUT2D eigenvalue weighted by Gasteiger charge is 2.14. The van der Waals surface area contributed by atoms with Gasteiger partial charge in [-0.2, -0.15) is 0 Å². The fraction of sp³-hybridized carbons (Fsp3) is 0. The van der Waals surface area contributed by atoms with Gasteiger partial charge in [-0.05, 0) is 11.6 Å². The summed E-state index contributed by atoms with van der Waals surface area (Å²) >= 11 is 5.99. The number of carboxylic acid groups (broad SMARTS) is 1. The van der Waals surface area contributed by atoms with Crippen molar-refractivity contribution in [1.29, 1.82) is 0 Å². The van der Waals surface area contributed by atoms with E-state index in [2.05, 4.69) is 4.98 Å². The first-order valence-corrected chi connectivity index (χ1v) is 5.01. The molecule has 1 aromatic carbocycles. The molecule has 2 aromatic rings. The van der Waals surface area contributed by atoms with Crippen LogP contribution in [0.5, 0.6) is 0 Å². The van der Waals surface area contributed by atoms with Crippen LogP contribution in [-0.2, 0) is 0 Å². The van der Waals surface area contributed by atoms with Crippen molar-refractivity contribution in [1.82, 2.24) is 4.98 Å². The fourth-order valence-corrected chi connectivity index (χ4v) is 1.74. The van der Waals surface area contributed by atoms with Crippen LogP contribution in [0.15, 0.2) is 42.6 Å². The molecular formula is C12H8ClNO2. The highest BCUT2D eigenvalue weighted by atomic mass is 35.5. The topological polar surface area (TPSA) is 50.2 Å². The summed E-state index contributed by atoms with van der Waals surface area (Å²) in [6.45, 7) is 0. The monoisotopic (exact) mass is 233 g/mol. The highest BCUT2D eigenvalue weighted by molar-refractivity contribution is 6.35. The molecule has 0 bridgehead atoms. The molecule has 0 amide bonds. The van der Waals surface area contributed by atoms with Gasteiger partial charge in [0.15, 0.2) is 5.69 Å². The summed E-state index contributed by atoms with van der Waals surface area (Å²) in [6.07, 6.45) is 1.44. The largest absolute Gasteiger partial charge is 0.476 e. The smallest absolute Gasteiger partial charge is 0.356 e. The summed E-state index contributed by atoms with van der Waals surface area (Å²) in [5.41, 5.74) is 1.43. The Morgan fingerprint density at radius 1 is 1.19 bits per heavy atom. The number of aromatic carboxylic acids is 1. The van der Waals surface area contributed by atoms with E-state index >= 15 is 0 Å². The van der Waals surface area contributed by atoms with Crippen LogP contribution in [0.4, 0.5) is 0 Å². The van der Waals surface area contributed by atoms with E-state index in [9.17, 15) is 4.79 Å². The number of rotatable bonds is 2. The van der Waals surface area contributed by atoms with Crippen molar-refractivity contribution in [2.24, 2.45) is 0 Å². The van der Waals surface area contributed by atoms with Crippen LogP contribution in [0.3, 0.4) is 0 Å². The maximum atomic E-state index is 10.9. The van der Waals surface area contributed by atoms with Crippen LogP contribution in [0.2, 0.25) is 5.02 Å². The van der Waals surface area contributed by atoms with E-state index in [1.165, 1.54) is 6.20 Å². The van der Waals surface area contributed by atoms with Gasteiger partial charge in [0.2, 0.25) is 0 Å². The lowest BCUT2D eigenvalue weighted by Crippen LogP contribution is -2.01. The SMILES string of the molecule is O=C(O)c1nccc(-c2ccccc2)c1Cl. The van der Waals surface area contributed by atoms with Crippen LogP contribution in [0.25, 0.3) is 11.1 Å². The number of hydrogen-bond donors (Lipinski definition) is 1. The maximum Gasteiger partial charge on any atom is 0.356 e. The number of halogens is 1. The minimum absolute atomic E-state index is 0.122. The molecule has 1 aromatic heterocycles. The number of pyridine rings is 1. The predicted molar refractivity (Wildman–Crippen MR) is 61.6 cm³/mol. The number of carbonyl (C=O) groups is 1. The van der Waals surface area contributed by atoms with Crippen molar-refractivity contribution in [2.45, 2.75) is 0 Å². The van der Waals surface area contributed by atoms with Crippen LogP contribution < -0.4 is 0 Å². The molecule has 1 heterocycles. The van der Waals surface area contributed by atoms with Crippen LogP contribution in [-0.4, -0.2) is 16.1 Å². The zero-order valence-corrected chi connectivity index (χ0v) is 8.98. The van der Waals surface area contributed by atoms with Crippen molar-refractivity contribution < 1.29 is 9.90 Å². The number of nitrogens with zero attached hydrogens (tertiary/aromatic N) is 1. The molecule has 2 rings (SSSR count). The average molecular weight is 234 g/mol. The Kier molecular flexibility index (Phi) is 2.88. The molecule has 0 aliphatic carbocycles. The molecule has 80 valence electrons. The van der Waals surface area contributed by atoms with Crippen LogP contribution in [0.1, 0.15) is 10.5 Å². The molecular weight excluding hydrogens is 226 g/mol. The van der Waals surface area contributed by atoms with Gasteiger partial charge < -0.3 is 5.11 Å². The fourth-order valence-electron chi connectivity index (χ4n) is 1.43. The third-order valence-electron chi connectivity index (χ3n) is 2.18. The first kappa shape index (κ1) is 10.6. The van der Waals surface area contributed by atoms with Crippen molar-refractivity contribution in [3.63, 3.8) is 0 Å². The van der Waals surface area contributed by atoms with E-state index in [4.69, 9.17) is 16.7 Å².